The predicted octanol–water partition coefficient (Wildman–Crippen LogP) is 2.61. The number of nitro groups is 2. The molecule has 12 heteroatoms. The molecular formula is C23H16N4O8. The number of esters is 2. The van der Waals surface area contributed by atoms with E-state index >= 15 is 0 Å². The maximum Gasteiger partial charge on any atom is 0.356 e. The van der Waals surface area contributed by atoms with E-state index in [1.165, 1.54) is 47.6 Å². The van der Waals surface area contributed by atoms with Crippen LogP contribution in [0.5, 0.6) is 0 Å². The van der Waals surface area contributed by atoms with Crippen LogP contribution in [0.25, 0.3) is 11.1 Å². The molecule has 1 unspecified atom stereocenters. The third-order valence-corrected chi connectivity index (χ3v) is 6.47. The van der Waals surface area contributed by atoms with Gasteiger partial charge in [0.15, 0.2) is 5.70 Å². The van der Waals surface area contributed by atoms with Crippen molar-refractivity contribution in [3.05, 3.63) is 91.2 Å². The summed E-state index contributed by atoms with van der Waals surface area (Å²) in [7, 11) is 2.27. The van der Waals surface area contributed by atoms with Crippen molar-refractivity contribution < 1.29 is 28.9 Å². The molecule has 0 saturated carbocycles. The molecule has 1 atom stereocenters. The van der Waals surface area contributed by atoms with Crippen molar-refractivity contribution >= 4 is 29.5 Å². The Morgan fingerprint density at radius 3 is 1.97 bits per heavy atom. The van der Waals surface area contributed by atoms with Crippen LogP contribution in [0.2, 0.25) is 0 Å². The number of non-ortho nitro benzene ring substituents is 2. The Labute approximate surface area is 197 Å². The number of hydrogen-bond acceptors (Lipinski definition) is 10. The number of nitro benzene ring substituents is 2. The summed E-state index contributed by atoms with van der Waals surface area (Å²) in [6.45, 7) is 0. The van der Waals surface area contributed by atoms with Crippen LogP contribution < -0.4 is 0 Å². The van der Waals surface area contributed by atoms with E-state index in [-0.39, 0.29) is 22.6 Å². The first kappa shape index (κ1) is 21.9. The Kier molecular flexibility index (Phi) is 4.76. The number of methoxy groups -OCH3 is 2. The highest BCUT2D eigenvalue weighted by atomic mass is 16.6. The minimum atomic E-state index is -1.59. The first-order valence-electron chi connectivity index (χ1n) is 10.3. The lowest BCUT2D eigenvalue weighted by molar-refractivity contribution is -0.385. The van der Waals surface area contributed by atoms with Gasteiger partial charge in [0.1, 0.15) is 0 Å². The number of nitrogens with zero attached hydrogens (tertiary/aromatic N) is 4. The molecule has 0 radical (unpaired) electrons. The molecule has 2 heterocycles. The Morgan fingerprint density at radius 1 is 0.943 bits per heavy atom. The summed E-state index contributed by atoms with van der Waals surface area (Å²) in [4.78, 5) is 48.5. The fraction of sp³-hybridized carbons (Fsp3) is 0.174. The standard InChI is InChI=1S/C23H16N4O8/c1-34-21(28)19-20(22(29)35-2)25-18(4-3-9-24-25)23(19)16-10-12(26(30)31)5-7-14(16)15-8-6-13(27(32)33)11-17(15)23/h3-11,18H,1-2H3. The molecule has 0 fully saturated rings. The molecule has 2 aromatic carbocycles. The van der Waals surface area contributed by atoms with Crippen LogP contribution in [0.1, 0.15) is 11.1 Å². The zero-order chi connectivity index (χ0) is 25.1. The highest BCUT2D eigenvalue weighted by Gasteiger charge is 2.63. The third kappa shape index (κ3) is 2.76. The molecule has 0 amide bonds. The van der Waals surface area contributed by atoms with E-state index in [9.17, 15) is 29.8 Å². The Hall–Kier alpha value is -4.87. The van der Waals surface area contributed by atoms with Crippen molar-refractivity contribution in [2.45, 2.75) is 11.5 Å². The topological polar surface area (TPSA) is 154 Å². The van der Waals surface area contributed by atoms with Gasteiger partial charge in [-0.05, 0) is 40.5 Å². The largest absolute Gasteiger partial charge is 0.466 e. The molecule has 0 saturated heterocycles. The molecular weight excluding hydrogens is 460 g/mol. The van der Waals surface area contributed by atoms with E-state index < -0.39 is 33.2 Å². The number of carbonyl (C=O) groups is 2. The molecule has 0 bridgehead atoms. The highest BCUT2D eigenvalue weighted by Crippen LogP contribution is 2.61. The lowest BCUT2D eigenvalue weighted by Gasteiger charge is -2.36. The average Bonchev–Trinajstić information content (AvgIpc) is 3.33. The fourth-order valence-corrected chi connectivity index (χ4v) is 5.19. The van der Waals surface area contributed by atoms with Gasteiger partial charge in [-0.2, -0.15) is 5.10 Å². The van der Waals surface area contributed by atoms with Crippen LogP contribution in [-0.4, -0.2) is 53.3 Å². The van der Waals surface area contributed by atoms with Gasteiger partial charge in [-0.3, -0.25) is 20.2 Å². The van der Waals surface area contributed by atoms with Gasteiger partial charge in [0, 0.05) is 30.5 Å². The normalized spacial score (nSPS) is 18.2. The number of allylic oxidation sites excluding steroid dienone is 1. The zero-order valence-electron chi connectivity index (χ0n) is 18.3. The van der Waals surface area contributed by atoms with Gasteiger partial charge in [0.2, 0.25) is 0 Å². The smallest absolute Gasteiger partial charge is 0.356 e. The molecule has 3 aliphatic rings. The number of hydrazone groups is 1. The van der Waals surface area contributed by atoms with E-state index in [1.54, 1.807) is 12.2 Å². The predicted molar refractivity (Wildman–Crippen MR) is 120 cm³/mol. The summed E-state index contributed by atoms with van der Waals surface area (Å²) < 4.78 is 10.0. The first-order chi connectivity index (χ1) is 16.8. The van der Waals surface area contributed by atoms with E-state index in [1.807, 2.05) is 0 Å². The van der Waals surface area contributed by atoms with Gasteiger partial charge in [-0.1, -0.05) is 6.08 Å². The maximum atomic E-state index is 13.3. The Balaban J connectivity index is 1.99. The van der Waals surface area contributed by atoms with E-state index in [0.717, 1.165) is 14.2 Å². The maximum absolute atomic E-state index is 13.3. The number of carbonyl (C=O) groups excluding carboxylic acids is 2. The van der Waals surface area contributed by atoms with Gasteiger partial charge in [0.25, 0.3) is 11.4 Å². The summed E-state index contributed by atoms with van der Waals surface area (Å²) in [5.41, 5.74) is -0.813. The third-order valence-electron chi connectivity index (χ3n) is 6.47. The molecule has 0 N–H and O–H groups in total. The monoisotopic (exact) mass is 476 g/mol. The fourth-order valence-electron chi connectivity index (χ4n) is 5.19. The number of rotatable bonds is 4. The lowest BCUT2D eigenvalue weighted by Crippen LogP contribution is -2.44. The Bertz CT molecular complexity index is 1380. The quantitative estimate of drug-likeness (QED) is 0.368. The number of ether oxygens (including phenoxy) is 2. The molecule has 1 spiro atoms. The van der Waals surface area contributed by atoms with Crippen LogP contribution in [-0.2, 0) is 24.5 Å². The zero-order valence-corrected chi connectivity index (χ0v) is 18.3. The molecule has 35 heavy (non-hydrogen) atoms. The first-order valence-corrected chi connectivity index (χ1v) is 10.3. The second-order valence-corrected chi connectivity index (χ2v) is 7.93. The van der Waals surface area contributed by atoms with Crippen molar-refractivity contribution in [1.82, 2.24) is 5.01 Å². The molecule has 2 aliphatic heterocycles. The lowest BCUT2D eigenvalue weighted by atomic mass is 9.68. The van der Waals surface area contributed by atoms with Crippen molar-refractivity contribution in [1.29, 1.82) is 0 Å². The van der Waals surface area contributed by atoms with Crippen molar-refractivity contribution in [3.63, 3.8) is 0 Å². The van der Waals surface area contributed by atoms with Crippen LogP contribution in [0.4, 0.5) is 11.4 Å². The van der Waals surface area contributed by atoms with Gasteiger partial charge in [-0.15, -0.1) is 0 Å². The summed E-state index contributed by atoms with van der Waals surface area (Å²) in [6.07, 6.45) is 4.68. The van der Waals surface area contributed by atoms with Gasteiger partial charge >= 0.3 is 11.9 Å². The molecule has 0 aromatic heterocycles. The summed E-state index contributed by atoms with van der Waals surface area (Å²) >= 11 is 0. The minimum absolute atomic E-state index is 0.179. The van der Waals surface area contributed by atoms with Crippen molar-refractivity contribution in [2.75, 3.05) is 14.2 Å². The van der Waals surface area contributed by atoms with E-state index in [4.69, 9.17) is 9.47 Å². The average molecular weight is 476 g/mol. The molecule has 176 valence electrons. The van der Waals surface area contributed by atoms with Crippen LogP contribution in [0.15, 0.2) is 64.9 Å². The van der Waals surface area contributed by atoms with Crippen LogP contribution in [0.3, 0.4) is 0 Å². The van der Waals surface area contributed by atoms with Crippen molar-refractivity contribution in [2.24, 2.45) is 5.10 Å². The summed E-state index contributed by atoms with van der Waals surface area (Å²) in [5.74, 6) is -1.79. The Morgan fingerprint density at radius 2 is 1.49 bits per heavy atom. The van der Waals surface area contributed by atoms with Gasteiger partial charge in [0.05, 0.1) is 41.1 Å². The van der Waals surface area contributed by atoms with Gasteiger partial charge in [-0.25, -0.2) is 14.6 Å². The second kappa shape index (κ2) is 7.58. The van der Waals surface area contributed by atoms with Crippen LogP contribution >= 0.6 is 0 Å². The number of benzene rings is 2. The molecule has 12 nitrogen and oxygen atoms in total. The minimum Gasteiger partial charge on any atom is -0.466 e. The summed E-state index contributed by atoms with van der Waals surface area (Å²) in [5, 5.41) is 28.9. The molecule has 1 aliphatic carbocycles. The van der Waals surface area contributed by atoms with E-state index in [0.29, 0.717) is 22.3 Å². The number of fused-ring (bicyclic) bond motifs is 7. The summed E-state index contributed by atoms with van der Waals surface area (Å²) in [6, 6.07) is 7.43. The van der Waals surface area contributed by atoms with E-state index in [2.05, 4.69) is 5.10 Å². The van der Waals surface area contributed by atoms with Crippen LogP contribution in [0, 0.1) is 20.2 Å². The molecule has 5 rings (SSSR count). The SMILES string of the molecule is COC(=O)C1=C(C(=O)OC)C2(c3cc([N+](=O)[O-])ccc3-c3ccc([N+](=O)[O-])cc32)C2C=CC=NN12. The van der Waals surface area contributed by atoms with Crippen molar-refractivity contribution in [3.8, 4) is 11.1 Å². The van der Waals surface area contributed by atoms with Gasteiger partial charge < -0.3 is 9.47 Å². The second-order valence-electron chi connectivity index (χ2n) is 7.93. The number of hydrogen-bond donors (Lipinski definition) is 0. The highest BCUT2D eigenvalue weighted by molar-refractivity contribution is 6.07. The molecule has 2 aromatic rings.